The van der Waals surface area contributed by atoms with E-state index in [1.807, 2.05) is 6.07 Å². The normalized spacial score (nSPS) is 16.0. The van der Waals surface area contributed by atoms with E-state index in [1.54, 1.807) is 12.1 Å². The van der Waals surface area contributed by atoms with Gasteiger partial charge in [-0.3, -0.25) is 10.1 Å². The Balaban J connectivity index is 1.55. The summed E-state index contributed by atoms with van der Waals surface area (Å²) >= 11 is 0. The molecule has 2 aliphatic carbocycles. The van der Waals surface area contributed by atoms with Crippen molar-refractivity contribution in [3.8, 4) is 0 Å². The zero-order valence-corrected chi connectivity index (χ0v) is 13.9. The quantitative estimate of drug-likeness (QED) is 0.548. The highest BCUT2D eigenvalue weighted by molar-refractivity contribution is 5.73. The molecule has 2 aliphatic rings. The Kier molecular flexibility index (Phi) is 4.06. The van der Waals surface area contributed by atoms with Crippen LogP contribution in [-0.2, 0) is 12.8 Å². The largest absolute Gasteiger partial charge is 0.270 e. The molecule has 0 N–H and O–H groups in total. The SMILES string of the molecule is O=[N+]([O-])c1cccc(C2=CC(/C=C/c3ccc4c(c3)CC4)=CCC2)c1. The van der Waals surface area contributed by atoms with E-state index in [-0.39, 0.29) is 10.6 Å². The van der Waals surface area contributed by atoms with Crippen molar-refractivity contribution in [2.75, 3.05) is 0 Å². The van der Waals surface area contributed by atoms with Gasteiger partial charge in [0.05, 0.1) is 4.92 Å². The molecule has 124 valence electrons. The van der Waals surface area contributed by atoms with Crippen LogP contribution in [0, 0.1) is 10.1 Å². The highest BCUT2D eigenvalue weighted by atomic mass is 16.6. The van der Waals surface area contributed by atoms with E-state index >= 15 is 0 Å². The molecule has 0 unspecified atom stereocenters. The first kappa shape index (κ1) is 15.6. The lowest BCUT2D eigenvalue weighted by Crippen LogP contribution is -2.07. The second-order valence-electron chi connectivity index (χ2n) is 6.58. The Morgan fingerprint density at radius 1 is 0.960 bits per heavy atom. The van der Waals surface area contributed by atoms with Crippen molar-refractivity contribution in [3.05, 3.63) is 98.6 Å². The van der Waals surface area contributed by atoms with Crippen LogP contribution in [0.15, 0.2) is 66.3 Å². The fourth-order valence-corrected chi connectivity index (χ4v) is 3.40. The van der Waals surface area contributed by atoms with Gasteiger partial charge in [0.15, 0.2) is 0 Å². The van der Waals surface area contributed by atoms with Crippen LogP contribution >= 0.6 is 0 Å². The molecule has 3 heteroatoms. The van der Waals surface area contributed by atoms with Crippen molar-refractivity contribution in [3.63, 3.8) is 0 Å². The number of benzene rings is 2. The van der Waals surface area contributed by atoms with E-state index in [4.69, 9.17) is 0 Å². The predicted octanol–water partition coefficient (Wildman–Crippen LogP) is 5.51. The molecular weight excluding hydrogens is 310 g/mol. The van der Waals surface area contributed by atoms with Crippen LogP contribution in [0.1, 0.15) is 35.1 Å². The van der Waals surface area contributed by atoms with Gasteiger partial charge in [-0.05, 0) is 59.1 Å². The molecule has 0 heterocycles. The van der Waals surface area contributed by atoms with E-state index in [9.17, 15) is 10.1 Å². The maximum Gasteiger partial charge on any atom is 0.270 e. The van der Waals surface area contributed by atoms with Crippen molar-refractivity contribution in [2.24, 2.45) is 0 Å². The van der Waals surface area contributed by atoms with Gasteiger partial charge in [0.2, 0.25) is 0 Å². The maximum absolute atomic E-state index is 11.0. The third-order valence-corrected chi connectivity index (χ3v) is 4.92. The number of hydrogen-bond donors (Lipinski definition) is 0. The molecule has 25 heavy (non-hydrogen) atoms. The van der Waals surface area contributed by atoms with E-state index < -0.39 is 0 Å². The Morgan fingerprint density at radius 3 is 2.60 bits per heavy atom. The van der Waals surface area contributed by atoms with Gasteiger partial charge in [0.1, 0.15) is 0 Å². The van der Waals surface area contributed by atoms with Gasteiger partial charge in [-0.2, -0.15) is 0 Å². The maximum atomic E-state index is 11.0. The summed E-state index contributed by atoms with van der Waals surface area (Å²) in [6, 6.07) is 13.6. The summed E-state index contributed by atoms with van der Waals surface area (Å²) in [7, 11) is 0. The Hall–Kier alpha value is -2.94. The Morgan fingerprint density at radius 2 is 1.84 bits per heavy atom. The smallest absolute Gasteiger partial charge is 0.258 e. The number of non-ortho nitro benzene ring substituents is 1. The molecule has 0 spiro atoms. The van der Waals surface area contributed by atoms with Gasteiger partial charge in [0, 0.05) is 12.1 Å². The third kappa shape index (κ3) is 3.31. The van der Waals surface area contributed by atoms with E-state index in [0.717, 1.165) is 29.6 Å². The molecular formula is C22H19NO2. The number of hydrogen-bond acceptors (Lipinski definition) is 2. The van der Waals surface area contributed by atoms with Gasteiger partial charge < -0.3 is 0 Å². The van der Waals surface area contributed by atoms with Crippen molar-refractivity contribution >= 4 is 17.3 Å². The van der Waals surface area contributed by atoms with E-state index in [1.165, 1.54) is 35.6 Å². The number of nitro groups is 1. The zero-order valence-electron chi connectivity index (χ0n) is 13.9. The number of fused-ring (bicyclic) bond motifs is 1. The number of nitro benzene ring substituents is 1. The molecule has 0 radical (unpaired) electrons. The Labute approximate surface area is 147 Å². The molecule has 2 aromatic rings. The average Bonchev–Trinajstić information content (AvgIpc) is 2.62. The van der Waals surface area contributed by atoms with Crippen LogP contribution in [0.4, 0.5) is 5.69 Å². The summed E-state index contributed by atoms with van der Waals surface area (Å²) < 4.78 is 0. The zero-order chi connectivity index (χ0) is 17.2. The lowest BCUT2D eigenvalue weighted by molar-refractivity contribution is -0.384. The standard InChI is InChI=1S/C22H19NO2/c24-23(25)22-6-2-5-20(15-22)19-4-1-3-16(13-19)7-8-17-9-10-18-11-12-21(18)14-17/h2-3,5-10,13-15H,1,4,11-12H2/b8-7+. The molecule has 0 aromatic heterocycles. The molecule has 0 fully saturated rings. The van der Waals surface area contributed by atoms with Crippen LogP contribution in [0.25, 0.3) is 11.6 Å². The first-order valence-corrected chi connectivity index (χ1v) is 8.64. The van der Waals surface area contributed by atoms with Gasteiger partial charge in [-0.25, -0.2) is 0 Å². The summed E-state index contributed by atoms with van der Waals surface area (Å²) in [6.45, 7) is 0. The minimum Gasteiger partial charge on any atom is -0.258 e. The number of aryl methyl sites for hydroxylation is 2. The second kappa shape index (κ2) is 6.52. The van der Waals surface area contributed by atoms with Crippen molar-refractivity contribution in [1.82, 2.24) is 0 Å². The minimum atomic E-state index is -0.338. The van der Waals surface area contributed by atoms with E-state index in [2.05, 4.69) is 42.5 Å². The molecule has 0 atom stereocenters. The average molecular weight is 329 g/mol. The van der Waals surface area contributed by atoms with Crippen LogP contribution in [-0.4, -0.2) is 4.92 Å². The fraction of sp³-hybridized carbons (Fsp3) is 0.182. The molecule has 0 aliphatic heterocycles. The fourth-order valence-electron chi connectivity index (χ4n) is 3.40. The van der Waals surface area contributed by atoms with Crippen LogP contribution in [0.2, 0.25) is 0 Å². The lowest BCUT2D eigenvalue weighted by atomic mass is 9.87. The molecule has 4 rings (SSSR count). The van der Waals surface area contributed by atoms with Crippen molar-refractivity contribution < 1.29 is 4.92 Å². The van der Waals surface area contributed by atoms with E-state index in [0.29, 0.717) is 0 Å². The van der Waals surface area contributed by atoms with Crippen LogP contribution in [0.3, 0.4) is 0 Å². The predicted molar refractivity (Wildman–Crippen MR) is 101 cm³/mol. The van der Waals surface area contributed by atoms with Crippen molar-refractivity contribution in [1.29, 1.82) is 0 Å². The summed E-state index contributed by atoms with van der Waals surface area (Å²) in [5.74, 6) is 0. The molecule has 0 saturated heterocycles. The first-order valence-electron chi connectivity index (χ1n) is 8.64. The molecule has 2 aromatic carbocycles. The molecule has 0 amide bonds. The third-order valence-electron chi connectivity index (χ3n) is 4.92. The number of nitrogens with zero attached hydrogens (tertiary/aromatic N) is 1. The highest BCUT2D eigenvalue weighted by Crippen LogP contribution is 2.29. The number of allylic oxidation sites excluding steroid dienone is 5. The Bertz CT molecular complexity index is 935. The second-order valence-corrected chi connectivity index (χ2v) is 6.58. The van der Waals surface area contributed by atoms with Gasteiger partial charge >= 0.3 is 0 Å². The first-order chi connectivity index (χ1) is 12.2. The minimum absolute atomic E-state index is 0.145. The summed E-state index contributed by atoms with van der Waals surface area (Å²) in [4.78, 5) is 10.6. The summed E-state index contributed by atoms with van der Waals surface area (Å²) in [5, 5.41) is 11.0. The molecule has 0 saturated carbocycles. The van der Waals surface area contributed by atoms with Crippen LogP contribution < -0.4 is 0 Å². The van der Waals surface area contributed by atoms with Gasteiger partial charge in [-0.1, -0.05) is 54.6 Å². The topological polar surface area (TPSA) is 43.1 Å². The van der Waals surface area contributed by atoms with Gasteiger partial charge in [-0.15, -0.1) is 0 Å². The lowest BCUT2D eigenvalue weighted by Gasteiger charge is -2.18. The number of rotatable bonds is 4. The molecule has 3 nitrogen and oxygen atoms in total. The monoisotopic (exact) mass is 329 g/mol. The molecule has 0 bridgehead atoms. The highest BCUT2D eigenvalue weighted by Gasteiger charge is 2.13. The summed E-state index contributed by atoms with van der Waals surface area (Å²) in [6.07, 6.45) is 12.9. The van der Waals surface area contributed by atoms with Crippen molar-refractivity contribution in [2.45, 2.75) is 25.7 Å². The van der Waals surface area contributed by atoms with Gasteiger partial charge in [0.25, 0.3) is 5.69 Å². The summed E-state index contributed by atoms with van der Waals surface area (Å²) in [5.41, 5.74) is 7.57. The van der Waals surface area contributed by atoms with Crippen LogP contribution in [0.5, 0.6) is 0 Å².